The van der Waals surface area contributed by atoms with E-state index in [-0.39, 0.29) is 11.9 Å². The molecule has 0 spiro atoms. The zero-order chi connectivity index (χ0) is 15.8. The number of pyridine rings is 1. The maximum absolute atomic E-state index is 12.5. The first-order chi connectivity index (χ1) is 11.2. The van der Waals surface area contributed by atoms with Crippen LogP contribution in [0.2, 0.25) is 0 Å². The fourth-order valence-corrected chi connectivity index (χ4v) is 4.17. The number of carbonyl (C=O) groups is 1. The summed E-state index contributed by atoms with van der Waals surface area (Å²) in [5.74, 6) is 0.822. The molecule has 0 fully saturated rings. The number of nitrogens with one attached hydrogen (secondary N) is 1. The molecule has 1 amide bonds. The van der Waals surface area contributed by atoms with Crippen molar-refractivity contribution < 1.29 is 9.53 Å². The van der Waals surface area contributed by atoms with E-state index in [4.69, 9.17) is 4.74 Å². The first-order valence-electron chi connectivity index (χ1n) is 7.53. The lowest BCUT2D eigenvalue weighted by atomic mass is 9.93. The van der Waals surface area contributed by atoms with Crippen LogP contribution in [0, 0.1) is 0 Å². The molecule has 1 aromatic carbocycles. The molecule has 0 saturated carbocycles. The summed E-state index contributed by atoms with van der Waals surface area (Å²) < 4.78 is 5.28. The number of hydrogen-bond acceptors (Lipinski definition) is 4. The number of ether oxygens (including phenoxy) is 1. The van der Waals surface area contributed by atoms with Gasteiger partial charge in [0.2, 0.25) is 0 Å². The van der Waals surface area contributed by atoms with E-state index in [1.54, 1.807) is 25.1 Å². The molecule has 23 heavy (non-hydrogen) atoms. The van der Waals surface area contributed by atoms with Crippen LogP contribution in [-0.4, -0.2) is 18.0 Å². The highest BCUT2D eigenvalue weighted by Gasteiger charge is 2.32. The number of carbonyl (C=O) groups excluding carboxylic acids is 1. The molecular formula is C18H16N2O2S. The molecule has 1 N–H and O–H groups in total. The van der Waals surface area contributed by atoms with Gasteiger partial charge >= 0.3 is 0 Å². The number of benzene rings is 1. The molecule has 1 unspecified atom stereocenters. The van der Waals surface area contributed by atoms with Crippen LogP contribution >= 0.6 is 11.8 Å². The molecule has 5 heteroatoms. The minimum atomic E-state index is -0.0390. The van der Waals surface area contributed by atoms with Gasteiger partial charge in [-0.25, -0.2) is 0 Å². The van der Waals surface area contributed by atoms with Gasteiger partial charge in [0.15, 0.2) is 0 Å². The molecule has 3 heterocycles. The van der Waals surface area contributed by atoms with E-state index < -0.39 is 0 Å². The molecule has 116 valence electrons. The van der Waals surface area contributed by atoms with E-state index in [1.807, 2.05) is 30.3 Å². The second-order valence-electron chi connectivity index (χ2n) is 5.67. The molecule has 1 atom stereocenters. The third-order valence-electron chi connectivity index (χ3n) is 4.22. The number of nitrogens with zero attached hydrogens (tertiary/aromatic N) is 1. The highest BCUT2D eigenvalue weighted by molar-refractivity contribution is 8.04. The highest BCUT2D eigenvalue weighted by Crippen LogP contribution is 2.44. The molecular weight excluding hydrogens is 308 g/mol. The van der Waals surface area contributed by atoms with Crippen molar-refractivity contribution in [2.75, 3.05) is 7.11 Å². The number of methoxy groups -OCH3 is 1. The zero-order valence-corrected chi connectivity index (χ0v) is 13.5. The van der Waals surface area contributed by atoms with Crippen molar-refractivity contribution in [2.45, 2.75) is 23.8 Å². The van der Waals surface area contributed by atoms with E-state index >= 15 is 0 Å². The van der Waals surface area contributed by atoms with Gasteiger partial charge in [0, 0.05) is 11.1 Å². The average Bonchev–Trinajstić information content (AvgIpc) is 2.60. The third kappa shape index (κ3) is 2.61. The molecule has 1 aromatic heterocycles. The van der Waals surface area contributed by atoms with Crippen molar-refractivity contribution in [3.8, 4) is 5.75 Å². The molecule has 2 aromatic rings. The van der Waals surface area contributed by atoms with E-state index in [0.717, 1.165) is 34.1 Å². The van der Waals surface area contributed by atoms with Crippen molar-refractivity contribution in [2.24, 2.45) is 0 Å². The summed E-state index contributed by atoms with van der Waals surface area (Å²) in [7, 11) is 1.66. The van der Waals surface area contributed by atoms with Crippen molar-refractivity contribution in [3.63, 3.8) is 0 Å². The summed E-state index contributed by atoms with van der Waals surface area (Å²) in [5, 5.41) is 3.08. The molecule has 4 rings (SSSR count). The lowest BCUT2D eigenvalue weighted by Gasteiger charge is -2.31. The normalized spacial score (nSPS) is 19.7. The van der Waals surface area contributed by atoms with Crippen LogP contribution in [0.4, 0.5) is 0 Å². The van der Waals surface area contributed by atoms with Crippen LogP contribution in [0.1, 0.15) is 23.7 Å². The molecule has 2 aliphatic rings. The van der Waals surface area contributed by atoms with Crippen LogP contribution in [-0.2, 0) is 11.2 Å². The van der Waals surface area contributed by atoms with Gasteiger partial charge in [-0.15, -0.1) is 0 Å². The minimum absolute atomic E-state index is 0.000345. The number of amides is 1. The van der Waals surface area contributed by atoms with Gasteiger partial charge in [0.25, 0.3) is 5.91 Å². The maximum atomic E-state index is 12.5. The molecule has 0 saturated heterocycles. The lowest BCUT2D eigenvalue weighted by molar-refractivity contribution is -0.118. The van der Waals surface area contributed by atoms with E-state index in [1.165, 1.54) is 11.1 Å². The van der Waals surface area contributed by atoms with Crippen molar-refractivity contribution in [1.82, 2.24) is 10.3 Å². The van der Waals surface area contributed by atoms with E-state index in [9.17, 15) is 4.79 Å². The van der Waals surface area contributed by atoms with Crippen LogP contribution in [0.3, 0.4) is 0 Å². The molecule has 4 nitrogen and oxygen atoms in total. The summed E-state index contributed by atoms with van der Waals surface area (Å²) in [6.07, 6.45) is 3.40. The van der Waals surface area contributed by atoms with Crippen molar-refractivity contribution in [1.29, 1.82) is 0 Å². The zero-order valence-electron chi connectivity index (χ0n) is 12.7. The summed E-state index contributed by atoms with van der Waals surface area (Å²) in [4.78, 5) is 18.8. The maximum Gasteiger partial charge on any atom is 0.258 e. The fourth-order valence-electron chi connectivity index (χ4n) is 3.05. The summed E-state index contributed by atoms with van der Waals surface area (Å²) in [6, 6.07) is 11.8. The Hall–Kier alpha value is -2.27. The summed E-state index contributed by atoms with van der Waals surface area (Å²) >= 11 is 1.54. The third-order valence-corrected chi connectivity index (χ3v) is 5.50. The molecule has 2 aliphatic heterocycles. The Morgan fingerprint density at radius 1 is 1.30 bits per heavy atom. The van der Waals surface area contributed by atoms with Gasteiger partial charge in [-0.1, -0.05) is 23.9 Å². The summed E-state index contributed by atoms with van der Waals surface area (Å²) in [6.45, 7) is 0. The Bertz CT molecular complexity index is 802. The SMILES string of the molecule is COc1ccc2c(c1)SC1=C(C2)CC(c2ccccn2)NC1=O. The Labute approximate surface area is 139 Å². The largest absolute Gasteiger partial charge is 0.497 e. The monoisotopic (exact) mass is 324 g/mol. The van der Waals surface area contributed by atoms with Crippen molar-refractivity contribution in [3.05, 3.63) is 64.3 Å². The summed E-state index contributed by atoms with van der Waals surface area (Å²) in [5.41, 5.74) is 3.37. The van der Waals surface area contributed by atoms with Gasteiger partial charge in [-0.05, 0) is 48.2 Å². The van der Waals surface area contributed by atoms with E-state index in [0.29, 0.717) is 0 Å². The number of aromatic nitrogens is 1. The lowest BCUT2D eigenvalue weighted by Crippen LogP contribution is -2.35. The first-order valence-corrected chi connectivity index (χ1v) is 8.35. The molecule has 0 aliphatic carbocycles. The second-order valence-corrected chi connectivity index (χ2v) is 6.72. The Kier molecular flexibility index (Phi) is 3.58. The Balaban J connectivity index is 1.65. The van der Waals surface area contributed by atoms with Crippen LogP contribution in [0.25, 0.3) is 0 Å². The molecule has 0 bridgehead atoms. The predicted molar refractivity (Wildman–Crippen MR) is 89.3 cm³/mol. The standard InChI is InChI=1S/C18H16N2O2S/c1-22-13-6-5-11-8-12-9-15(14-4-2-3-7-19-14)20-18(21)17(12)23-16(11)10-13/h2-7,10,15H,8-9H2,1H3,(H,20,21). The topological polar surface area (TPSA) is 51.2 Å². The second kappa shape index (κ2) is 5.74. The van der Waals surface area contributed by atoms with Gasteiger partial charge < -0.3 is 10.1 Å². The van der Waals surface area contributed by atoms with Crippen LogP contribution < -0.4 is 10.1 Å². The fraction of sp³-hybridized carbons (Fsp3) is 0.222. The van der Waals surface area contributed by atoms with E-state index in [2.05, 4.69) is 16.4 Å². The number of rotatable bonds is 2. The minimum Gasteiger partial charge on any atom is -0.497 e. The van der Waals surface area contributed by atoms with Crippen LogP contribution in [0.5, 0.6) is 5.75 Å². The Morgan fingerprint density at radius 2 is 2.22 bits per heavy atom. The van der Waals surface area contributed by atoms with Crippen LogP contribution in [0.15, 0.2) is 58.0 Å². The quantitative estimate of drug-likeness (QED) is 0.921. The smallest absolute Gasteiger partial charge is 0.258 e. The van der Waals surface area contributed by atoms with Gasteiger partial charge in [0.05, 0.1) is 23.8 Å². The van der Waals surface area contributed by atoms with Gasteiger partial charge in [-0.2, -0.15) is 0 Å². The Morgan fingerprint density at radius 3 is 3.00 bits per heavy atom. The predicted octanol–water partition coefficient (Wildman–Crippen LogP) is 3.25. The number of thioether (sulfide) groups is 1. The highest BCUT2D eigenvalue weighted by atomic mass is 32.2. The first kappa shape index (κ1) is 14.3. The molecule has 0 radical (unpaired) electrons. The number of fused-ring (bicyclic) bond motifs is 1. The van der Waals surface area contributed by atoms with Gasteiger partial charge in [0.1, 0.15) is 5.75 Å². The average molecular weight is 324 g/mol. The van der Waals surface area contributed by atoms with Crippen molar-refractivity contribution >= 4 is 17.7 Å². The van der Waals surface area contributed by atoms with Gasteiger partial charge in [-0.3, -0.25) is 9.78 Å². The number of hydrogen-bond donors (Lipinski definition) is 1.